The van der Waals surface area contributed by atoms with E-state index in [-0.39, 0.29) is 11.8 Å². The number of primary amides is 1. The van der Waals surface area contributed by atoms with Crippen LogP contribution < -0.4 is 5.73 Å². The molecule has 0 heterocycles. The Kier molecular flexibility index (Phi) is 4.11. The van der Waals surface area contributed by atoms with Gasteiger partial charge in [0, 0.05) is 0 Å². The van der Waals surface area contributed by atoms with Gasteiger partial charge in [-0.1, -0.05) is 51.1 Å². The van der Waals surface area contributed by atoms with Gasteiger partial charge >= 0.3 is 0 Å². The van der Waals surface area contributed by atoms with E-state index < -0.39 is 5.41 Å². The Morgan fingerprint density at radius 2 is 1.88 bits per heavy atom. The van der Waals surface area contributed by atoms with Crippen LogP contribution in [0.4, 0.5) is 0 Å². The molecule has 0 aliphatic carbocycles. The van der Waals surface area contributed by atoms with Gasteiger partial charge in [-0.25, -0.2) is 0 Å². The Hall–Kier alpha value is -1.31. The van der Waals surface area contributed by atoms with Crippen molar-refractivity contribution in [2.75, 3.05) is 0 Å². The molecule has 2 N–H and O–H groups in total. The second-order valence-electron chi connectivity index (χ2n) is 4.69. The molecule has 1 aromatic rings. The third-order valence-electron chi connectivity index (χ3n) is 3.59. The second-order valence-corrected chi connectivity index (χ2v) is 4.69. The highest BCUT2D eigenvalue weighted by Crippen LogP contribution is 2.35. The predicted molar refractivity (Wildman–Crippen MR) is 66.9 cm³/mol. The lowest BCUT2D eigenvalue weighted by Gasteiger charge is -2.33. The van der Waals surface area contributed by atoms with Crippen LogP contribution in [0, 0.1) is 11.3 Å². The molecular formula is C14H21NO. The van der Waals surface area contributed by atoms with Crippen molar-refractivity contribution in [3.05, 3.63) is 35.9 Å². The van der Waals surface area contributed by atoms with E-state index in [1.807, 2.05) is 25.1 Å². The van der Waals surface area contributed by atoms with E-state index in [9.17, 15) is 4.79 Å². The molecule has 0 saturated heterocycles. The summed E-state index contributed by atoms with van der Waals surface area (Å²) in [6, 6.07) is 10.1. The molecule has 1 amide bonds. The van der Waals surface area contributed by atoms with Crippen LogP contribution in [0.5, 0.6) is 0 Å². The first-order valence-corrected chi connectivity index (χ1v) is 5.86. The molecule has 0 radical (unpaired) electrons. The monoisotopic (exact) mass is 219 g/mol. The van der Waals surface area contributed by atoms with E-state index in [1.54, 1.807) is 0 Å². The van der Waals surface area contributed by atoms with Gasteiger partial charge in [-0.15, -0.1) is 0 Å². The number of rotatable bonds is 5. The average Bonchev–Trinajstić information content (AvgIpc) is 2.26. The lowest BCUT2D eigenvalue weighted by Crippen LogP contribution is -2.42. The standard InChI is InChI=1S/C14H21NO/c1-4-14(11(2)3,13(15)16)10-12-8-6-5-7-9-12/h5-9,11H,4,10H2,1-3H3,(H2,15,16)/t14-/m1/s1. The molecule has 0 aliphatic rings. The molecule has 0 spiro atoms. The van der Waals surface area contributed by atoms with E-state index in [0.29, 0.717) is 0 Å². The molecule has 2 nitrogen and oxygen atoms in total. The maximum atomic E-state index is 11.7. The van der Waals surface area contributed by atoms with Crippen LogP contribution in [0.1, 0.15) is 32.8 Å². The molecule has 88 valence electrons. The SMILES string of the molecule is CC[C@](Cc1ccccc1)(C(N)=O)C(C)C. The van der Waals surface area contributed by atoms with E-state index in [2.05, 4.69) is 26.0 Å². The third kappa shape index (κ3) is 2.43. The molecule has 1 aromatic carbocycles. The number of hydrogen-bond donors (Lipinski definition) is 1. The van der Waals surface area contributed by atoms with Gasteiger partial charge < -0.3 is 5.73 Å². The Labute approximate surface area is 97.9 Å². The van der Waals surface area contributed by atoms with Gasteiger partial charge in [-0.05, 0) is 24.3 Å². The molecule has 1 atom stereocenters. The maximum absolute atomic E-state index is 11.7. The average molecular weight is 219 g/mol. The van der Waals surface area contributed by atoms with Crippen molar-refractivity contribution >= 4 is 5.91 Å². The zero-order valence-corrected chi connectivity index (χ0v) is 10.4. The summed E-state index contributed by atoms with van der Waals surface area (Å²) in [7, 11) is 0. The Bertz CT molecular complexity index is 345. The topological polar surface area (TPSA) is 43.1 Å². The van der Waals surface area contributed by atoms with E-state index >= 15 is 0 Å². The minimum absolute atomic E-state index is 0.186. The van der Waals surface area contributed by atoms with Crippen LogP contribution >= 0.6 is 0 Å². The van der Waals surface area contributed by atoms with Crippen molar-refractivity contribution in [2.24, 2.45) is 17.1 Å². The van der Waals surface area contributed by atoms with Gasteiger partial charge in [0.15, 0.2) is 0 Å². The van der Waals surface area contributed by atoms with E-state index in [0.717, 1.165) is 12.8 Å². The highest BCUT2D eigenvalue weighted by molar-refractivity contribution is 5.81. The summed E-state index contributed by atoms with van der Waals surface area (Å²) >= 11 is 0. The first-order valence-electron chi connectivity index (χ1n) is 5.86. The van der Waals surface area contributed by atoms with Crippen molar-refractivity contribution in [3.8, 4) is 0 Å². The second kappa shape index (κ2) is 5.15. The van der Waals surface area contributed by atoms with Crippen LogP contribution in [-0.2, 0) is 11.2 Å². The summed E-state index contributed by atoms with van der Waals surface area (Å²) in [5, 5.41) is 0. The molecular weight excluding hydrogens is 198 g/mol. The Morgan fingerprint density at radius 3 is 2.25 bits per heavy atom. The van der Waals surface area contributed by atoms with Crippen molar-refractivity contribution in [3.63, 3.8) is 0 Å². The van der Waals surface area contributed by atoms with Crippen LogP contribution in [0.15, 0.2) is 30.3 Å². The van der Waals surface area contributed by atoms with Crippen LogP contribution in [0.25, 0.3) is 0 Å². The minimum atomic E-state index is -0.415. The predicted octanol–water partition coefficient (Wildman–Crippen LogP) is 2.77. The third-order valence-corrected chi connectivity index (χ3v) is 3.59. The summed E-state index contributed by atoms with van der Waals surface area (Å²) in [4.78, 5) is 11.7. The number of hydrogen-bond acceptors (Lipinski definition) is 1. The van der Waals surface area contributed by atoms with Gasteiger partial charge in [0.2, 0.25) is 5.91 Å². The van der Waals surface area contributed by atoms with Gasteiger partial charge in [0.25, 0.3) is 0 Å². The van der Waals surface area contributed by atoms with Crippen LogP contribution in [0.3, 0.4) is 0 Å². The maximum Gasteiger partial charge on any atom is 0.224 e. The van der Waals surface area contributed by atoms with Gasteiger partial charge in [-0.2, -0.15) is 0 Å². The molecule has 0 aliphatic heterocycles. The largest absolute Gasteiger partial charge is 0.369 e. The first kappa shape index (κ1) is 12.8. The molecule has 0 saturated carbocycles. The highest BCUT2D eigenvalue weighted by Gasteiger charge is 2.37. The molecule has 2 heteroatoms. The fraction of sp³-hybridized carbons (Fsp3) is 0.500. The van der Waals surface area contributed by atoms with Gasteiger partial charge in [0.05, 0.1) is 5.41 Å². The minimum Gasteiger partial charge on any atom is -0.369 e. The Balaban J connectivity index is 3.00. The van der Waals surface area contributed by atoms with Crippen LogP contribution in [0.2, 0.25) is 0 Å². The zero-order chi connectivity index (χ0) is 12.2. The number of amides is 1. The molecule has 0 aromatic heterocycles. The number of nitrogens with two attached hydrogens (primary N) is 1. The van der Waals surface area contributed by atoms with E-state index in [4.69, 9.17) is 5.73 Å². The van der Waals surface area contributed by atoms with Crippen molar-refractivity contribution in [2.45, 2.75) is 33.6 Å². The smallest absolute Gasteiger partial charge is 0.224 e. The molecule has 0 fully saturated rings. The van der Waals surface area contributed by atoms with Crippen molar-refractivity contribution in [1.29, 1.82) is 0 Å². The summed E-state index contributed by atoms with van der Waals surface area (Å²) in [6.07, 6.45) is 1.52. The molecule has 1 rings (SSSR count). The quantitative estimate of drug-likeness (QED) is 0.813. The lowest BCUT2D eigenvalue weighted by molar-refractivity contribution is -0.130. The van der Waals surface area contributed by atoms with Crippen molar-refractivity contribution in [1.82, 2.24) is 0 Å². The van der Waals surface area contributed by atoms with Crippen LogP contribution in [-0.4, -0.2) is 5.91 Å². The Morgan fingerprint density at radius 1 is 1.31 bits per heavy atom. The fourth-order valence-electron chi connectivity index (χ4n) is 2.24. The lowest BCUT2D eigenvalue weighted by atomic mass is 9.70. The zero-order valence-electron chi connectivity index (χ0n) is 10.4. The molecule has 16 heavy (non-hydrogen) atoms. The van der Waals surface area contributed by atoms with Gasteiger partial charge in [-0.3, -0.25) is 4.79 Å². The summed E-state index contributed by atoms with van der Waals surface area (Å²) in [6.45, 7) is 6.17. The fourth-order valence-corrected chi connectivity index (χ4v) is 2.24. The molecule has 0 unspecified atom stereocenters. The normalized spacial score (nSPS) is 14.8. The number of benzene rings is 1. The first-order chi connectivity index (χ1) is 7.53. The van der Waals surface area contributed by atoms with Gasteiger partial charge in [0.1, 0.15) is 0 Å². The number of carbonyl (C=O) groups excluding carboxylic acids is 1. The summed E-state index contributed by atoms with van der Waals surface area (Å²) in [5.41, 5.74) is 6.35. The molecule has 0 bridgehead atoms. The number of carbonyl (C=O) groups is 1. The summed E-state index contributed by atoms with van der Waals surface area (Å²) < 4.78 is 0. The van der Waals surface area contributed by atoms with E-state index in [1.165, 1.54) is 5.56 Å². The summed E-state index contributed by atoms with van der Waals surface area (Å²) in [5.74, 6) is 0.0732. The van der Waals surface area contributed by atoms with Crippen molar-refractivity contribution < 1.29 is 4.79 Å². The highest BCUT2D eigenvalue weighted by atomic mass is 16.1.